The van der Waals surface area contributed by atoms with Crippen molar-refractivity contribution in [3.8, 4) is 0 Å². The van der Waals surface area contributed by atoms with Crippen LogP contribution in [0.5, 0.6) is 0 Å². The summed E-state index contributed by atoms with van der Waals surface area (Å²) in [4.78, 5) is 39.5. The number of aromatic nitrogens is 1. The minimum Gasteiger partial charge on any atom is -0.465 e. The maximum absolute atomic E-state index is 12.3. The van der Waals surface area contributed by atoms with E-state index in [9.17, 15) is 14.4 Å². The zero-order chi connectivity index (χ0) is 17.7. The Morgan fingerprint density at radius 1 is 1.04 bits per heavy atom. The van der Waals surface area contributed by atoms with Gasteiger partial charge in [-0.2, -0.15) is 0 Å². The number of esters is 2. The fourth-order valence-electron chi connectivity index (χ4n) is 1.93. The quantitative estimate of drug-likeness (QED) is 0.674. The van der Waals surface area contributed by atoms with Crippen molar-refractivity contribution in [3.63, 3.8) is 0 Å². The van der Waals surface area contributed by atoms with E-state index in [1.165, 1.54) is 44.7 Å². The third kappa shape index (κ3) is 3.88. The van der Waals surface area contributed by atoms with E-state index in [0.717, 1.165) is 0 Å². The highest BCUT2D eigenvalue weighted by Crippen LogP contribution is 2.19. The summed E-state index contributed by atoms with van der Waals surface area (Å²) in [6.45, 7) is 0. The molecule has 0 aliphatic heterocycles. The Labute approximate surface area is 142 Å². The lowest BCUT2D eigenvalue weighted by Gasteiger charge is -2.10. The summed E-state index contributed by atoms with van der Waals surface area (Å²) in [7, 11) is 2.42. The standard InChI is InChI=1S/C16H13ClN2O5/c1-23-15(21)9-6-10(16(22)24-2)8-11(7-9)19-14(20)12-4-3-5-18-13(12)17/h3-8H,1-2H3,(H,19,20). The minimum atomic E-state index is -0.657. The summed E-state index contributed by atoms with van der Waals surface area (Å²) < 4.78 is 9.27. The van der Waals surface area contributed by atoms with Gasteiger partial charge < -0.3 is 14.8 Å². The number of nitrogens with zero attached hydrogens (tertiary/aromatic N) is 1. The molecular weight excluding hydrogens is 336 g/mol. The number of halogens is 1. The van der Waals surface area contributed by atoms with Crippen LogP contribution < -0.4 is 5.32 Å². The summed E-state index contributed by atoms with van der Waals surface area (Å²) in [5.41, 5.74) is 0.548. The van der Waals surface area contributed by atoms with Gasteiger partial charge in [-0.05, 0) is 30.3 Å². The van der Waals surface area contributed by atoms with E-state index in [4.69, 9.17) is 11.6 Å². The van der Waals surface area contributed by atoms with E-state index in [0.29, 0.717) is 0 Å². The number of carbonyl (C=O) groups is 3. The van der Waals surface area contributed by atoms with E-state index < -0.39 is 17.8 Å². The van der Waals surface area contributed by atoms with Crippen molar-refractivity contribution in [1.82, 2.24) is 4.98 Å². The first-order chi connectivity index (χ1) is 11.5. The Kier molecular flexibility index (Phi) is 5.49. The molecule has 24 heavy (non-hydrogen) atoms. The first kappa shape index (κ1) is 17.4. The van der Waals surface area contributed by atoms with Crippen molar-refractivity contribution in [3.05, 3.63) is 58.4 Å². The summed E-state index contributed by atoms with van der Waals surface area (Å²) in [6, 6.07) is 7.12. The van der Waals surface area contributed by atoms with Gasteiger partial charge in [0.15, 0.2) is 0 Å². The third-order valence-corrected chi connectivity index (χ3v) is 3.34. The van der Waals surface area contributed by atoms with Gasteiger partial charge in [-0.1, -0.05) is 11.6 Å². The first-order valence-corrected chi connectivity index (χ1v) is 7.07. The lowest BCUT2D eigenvalue weighted by atomic mass is 10.1. The van der Waals surface area contributed by atoms with Crippen molar-refractivity contribution < 1.29 is 23.9 Å². The Morgan fingerprint density at radius 2 is 1.62 bits per heavy atom. The molecule has 2 rings (SSSR count). The van der Waals surface area contributed by atoms with Crippen LogP contribution in [0.25, 0.3) is 0 Å². The molecule has 7 nitrogen and oxygen atoms in total. The minimum absolute atomic E-state index is 0.0345. The molecule has 0 spiro atoms. The molecule has 1 aromatic carbocycles. The van der Waals surface area contributed by atoms with E-state index in [1.54, 1.807) is 6.07 Å². The van der Waals surface area contributed by atoms with Gasteiger partial charge >= 0.3 is 11.9 Å². The van der Waals surface area contributed by atoms with Crippen LogP contribution in [0.3, 0.4) is 0 Å². The highest BCUT2D eigenvalue weighted by atomic mass is 35.5. The Balaban J connectivity index is 2.38. The van der Waals surface area contributed by atoms with E-state index in [2.05, 4.69) is 19.8 Å². The van der Waals surface area contributed by atoms with Crippen LogP contribution in [0.2, 0.25) is 5.15 Å². The molecular formula is C16H13ClN2O5. The van der Waals surface area contributed by atoms with Gasteiger partial charge in [0, 0.05) is 11.9 Å². The highest BCUT2D eigenvalue weighted by Gasteiger charge is 2.16. The second-order valence-electron chi connectivity index (χ2n) is 4.58. The molecule has 8 heteroatoms. The van der Waals surface area contributed by atoms with Crippen LogP contribution in [0.15, 0.2) is 36.5 Å². The number of nitrogens with one attached hydrogen (secondary N) is 1. The molecule has 0 unspecified atom stereocenters. The van der Waals surface area contributed by atoms with E-state index in [1.807, 2.05) is 0 Å². The monoisotopic (exact) mass is 348 g/mol. The number of methoxy groups -OCH3 is 2. The molecule has 0 aliphatic carbocycles. The van der Waals surface area contributed by atoms with Gasteiger partial charge in [-0.3, -0.25) is 4.79 Å². The van der Waals surface area contributed by atoms with Crippen molar-refractivity contribution in [1.29, 1.82) is 0 Å². The van der Waals surface area contributed by atoms with Crippen LogP contribution in [0.1, 0.15) is 31.1 Å². The zero-order valence-electron chi connectivity index (χ0n) is 12.8. The number of pyridine rings is 1. The number of rotatable bonds is 4. The topological polar surface area (TPSA) is 94.6 Å². The van der Waals surface area contributed by atoms with Crippen molar-refractivity contribution >= 4 is 35.1 Å². The lowest BCUT2D eigenvalue weighted by molar-refractivity contribution is 0.0599. The number of anilines is 1. The normalized spacial score (nSPS) is 9.96. The zero-order valence-corrected chi connectivity index (χ0v) is 13.6. The van der Waals surface area contributed by atoms with Crippen LogP contribution in [0.4, 0.5) is 5.69 Å². The van der Waals surface area contributed by atoms with Gasteiger partial charge in [0.1, 0.15) is 5.15 Å². The molecule has 0 radical (unpaired) electrons. The smallest absolute Gasteiger partial charge is 0.337 e. The number of amides is 1. The van der Waals surface area contributed by atoms with Crippen LogP contribution in [0, 0.1) is 0 Å². The maximum Gasteiger partial charge on any atom is 0.337 e. The molecule has 0 atom stereocenters. The van der Waals surface area contributed by atoms with E-state index >= 15 is 0 Å². The first-order valence-electron chi connectivity index (χ1n) is 6.70. The highest BCUT2D eigenvalue weighted by molar-refractivity contribution is 6.33. The van der Waals surface area contributed by atoms with Crippen molar-refractivity contribution in [2.24, 2.45) is 0 Å². The SMILES string of the molecule is COC(=O)c1cc(NC(=O)c2cccnc2Cl)cc(C(=O)OC)c1. The number of ether oxygens (including phenoxy) is 2. The molecule has 1 aromatic heterocycles. The average molecular weight is 349 g/mol. The van der Waals surface area contributed by atoms with Gasteiger partial charge in [0.05, 0.1) is 30.9 Å². The van der Waals surface area contributed by atoms with Gasteiger partial charge in [0.25, 0.3) is 5.91 Å². The predicted octanol–water partition coefficient (Wildman–Crippen LogP) is 2.56. The van der Waals surface area contributed by atoms with Crippen LogP contribution >= 0.6 is 11.6 Å². The Bertz CT molecular complexity index is 773. The fourth-order valence-corrected chi connectivity index (χ4v) is 2.13. The second-order valence-corrected chi connectivity index (χ2v) is 4.94. The maximum atomic E-state index is 12.3. The van der Waals surface area contributed by atoms with Gasteiger partial charge in [-0.25, -0.2) is 14.6 Å². The molecule has 0 bridgehead atoms. The number of hydrogen-bond acceptors (Lipinski definition) is 6. The lowest BCUT2D eigenvalue weighted by Crippen LogP contribution is -2.15. The largest absolute Gasteiger partial charge is 0.465 e. The molecule has 1 heterocycles. The number of benzene rings is 1. The fraction of sp³-hybridized carbons (Fsp3) is 0.125. The molecule has 1 amide bonds. The molecule has 0 saturated heterocycles. The van der Waals surface area contributed by atoms with Crippen LogP contribution in [-0.4, -0.2) is 37.0 Å². The third-order valence-electron chi connectivity index (χ3n) is 3.04. The summed E-state index contributed by atoms with van der Waals surface area (Å²) in [6.07, 6.45) is 1.45. The molecule has 2 aromatic rings. The number of carbonyl (C=O) groups excluding carboxylic acids is 3. The summed E-state index contributed by atoms with van der Waals surface area (Å²) >= 11 is 5.87. The second kappa shape index (κ2) is 7.56. The molecule has 0 saturated carbocycles. The molecule has 1 N–H and O–H groups in total. The predicted molar refractivity (Wildman–Crippen MR) is 86.3 cm³/mol. The molecule has 0 aliphatic rings. The summed E-state index contributed by atoms with van der Waals surface area (Å²) in [5.74, 6) is -1.85. The Morgan fingerprint density at radius 3 is 2.12 bits per heavy atom. The van der Waals surface area contributed by atoms with Crippen molar-refractivity contribution in [2.75, 3.05) is 19.5 Å². The van der Waals surface area contributed by atoms with E-state index in [-0.39, 0.29) is 27.5 Å². The molecule has 0 fully saturated rings. The van der Waals surface area contributed by atoms with Crippen molar-refractivity contribution in [2.45, 2.75) is 0 Å². The van der Waals surface area contributed by atoms with Gasteiger partial charge in [-0.15, -0.1) is 0 Å². The van der Waals surface area contributed by atoms with Crippen LogP contribution in [-0.2, 0) is 9.47 Å². The summed E-state index contributed by atoms with van der Waals surface area (Å²) in [5, 5.41) is 2.59. The number of hydrogen-bond donors (Lipinski definition) is 1. The average Bonchev–Trinajstić information content (AvgIpc) is 2.60. The molecule has 124 valence electrons. The Hall–Kier alpha value is -2.93. The van der Waals surface area contributed by atoms with Gasteiger partial charge in [0.2, 0.25) is 0 Å².